The van der Waals surface area contributed by atoms with Crippen molar-refractivity contribution in [2.75, 3.05) is 51.1 Å². The monoisotopic (exact) mass is 540 g/mol. The molecule has 0 bridgehead atoms. The number of hydrogen-bond acceptors (Lipinski definition) is 9. The predicted octanol–water partition coefficient (Wildman–Crippen LogP) is 1.40. The van der Waals surface area contributed by atoms with Crippen LogP contribution in [0.2, 0.25) is 0 Å². The molecule has 1 amide bonds. The second kappa shape index (κ2) is 10.9. The normalized spacial score (nSPS) is 14.6. The maximum atomic E-state index is 13.0. The van der Waals surface area contributed by atoms with Crippen LogP contribution in [0.4, 0.5) is 5.69 Å². The molecule has 1 N–H and O–H groups in total. The largest absolute Gasteiger partial charge is 0.382 e. The summed E-state index contributed by atoms with van der Waals surface area (Å²) >= 11 is 0. The number of rotatable bonds is 11. The van der Waals surface area contributed by atoms with Gasteiger partial charge in [0, 0.05) is 37.6 Å². The van der Waals surface area contributed by atoms with E-state index in [1.165, 1.54) is 15.3 Å². The number of nitrogens with one attached hydrogen (secondary N) is 1. The van der Waals surface area contributed by atoms with Gasteiger partial charge in [0.1, 0.15) is 6.04 Å². The highest BCUT2D eigenvalue weighted by Crippen LogP contribution is 2.26. The van der Waals surface area contributed by atoms with Crippen LogP contribution in [0.5, 0.6) is 0 Å². The van der Waals surface area contributed by atoms with Gasteiger partial charge in [0.25, 0.3) is 5.91 Å². The lowest BCUT2D eigenvalue weighted by Crippen LogP contribution is -2.52. The van der Waals surface area contributed by atoms with Crippen LogP contribution in [0.15, 0.2) is 48.8 Å². The van der Waals surface area contributed by atoms with Crippen LogP contribution in [-0.4, -0.2) is 94.2 Å². The number of anilines is 1. The van der Waals surface area contributed by atoms with Crippen LogP contribution in [0.25, 0.3) is 16.9 Å². The maximum Gasteiger partial charge on any atom is 0.259 e. The molecule has 4 heterocycles. The summed E-state index contributed by atoms with van der Waals surface area (Å²) in [6.45, 7) is 3.32. The van der Waals surface area contributed by atoms with Crippen molar-refractivity contribution in [1.29, 1.82) is 0 Å². The van der Waals surface area contributed by atoms with E-state index in [1.807, 2.05) is 37.3 Å². The molecule has 3 aromatic heterocycles. The van der Waals surface area contributed by atoms with Crippen molar-refractivity contribution in [3.05, 3.63) is 59.9 Å². The summed E-state index contributed by atoms with van der Waals surface area (Å²) in [5.41, 5.74) is 3.34. The van der Waals surface area contributed by atoms with E-state index in [4.69, 9.17) is 9.47 Å². The fraction of sp³-hybridized carbons (Fsp3) is 0.375. The molecule has 1 aliphatic rings. The molecule has 1 fully saturated rings. The number of aromatic nitrogens is 6. The van der Waals surface area contributed by atoms with Crippen molar-refractivity contribution in [1.82, 2.24) is 34.1 Å². The molecule has 0 saturated carbocycles. The number of nitrogens with zero attached hydrogens (tertiary/aromatic N) is 7. The number of tetrazole rings is 1. The Bertz CT molecular complexity index is 1540. The van der Waals surface area contributed by atoms with Gasteiger partial charge in [-0.05, 0) is 35.9 Å². The summed E-state index contributed by atoms with van der Waals surface area (Å²) in [6, 6.07) is 10.8. The number of amides is 1. The van der Waals surface area contributed by atoms with Crippen LogP contribution < -0.4 is 5.32 Å². The number of benzene rings is 1. The summed E-state index contributed by atoms with van der Waals surface area (Å²) in [7, 11) is -1.86. The number of pyridine rings is 1. The van der Waals surface area contributed by atoms with Crippen molar-refractivity contribution in [3.63, 3.8) is 0 Å². The first-order valence-corrected chi connectivity index (χ1v) is 13.7. The molecule has 0 unspecified atom stereocenters. The molecule has 5 rings (SSSR count). The molecule has 1 aromatic carbocycles. The fourth-order valence-electron chi connectivity index (χ4n) is 4.02. The van der Waals surface area contributed by atoms with Crippen LogP contribution in [-0.2, 0) is 19.5 Å². The molecule has 0 spiro atoms. The first kappa shape index (κ1) is 25.9. The summed E-state index contributed by atoms with van der Waals surface area (Å²) in [6.07, 6.45) is 3.32. The van der Waals surface area contributed by atoms with Gasteiger partial charge in [0.05, 0.1) is 42.9 Å². The summed E-state index contributed by atoms with van der Waals surface area (Å²) in [5, 5.41) is 19.9. The van der Waals surface area contributed by atoms with Crippen LogP contribution >= 0.6 is 0 Å². The zero-order valence-corrected chi connectivity index (χ0v) is 21.8. The molecule has 0 radical (unpaired) electrons. The Kier molecular flexibility index (Phi) is 7.46. The fourth-order valence-corrected chi connectivity index (χ4v) is 5.40. The van der Waals surface area contributed by atoms with Gasteiger partial charge in [-0.3, -0.25) is 4.79 Å². The van der Waals surface area contributed by atoms with E-state index >= 15 is 0 Å². The van der Waals surface area contributed by atoms with Gasteiger partial charge in [-0.2, -0.15) is 14.2 Å². The molecular weight excluding hydrogens is 512 g/mol. The van der Waals surface area contributed by atoms with Crippen LogP contribution in [0.3, 0.4) is 0 Å². The molecule has 200 valence electrons. The standard InChI is InChI=1S/C24H28N8O5S/c1-17-6-7-18(13-21(17)26-24(33)20-14-25-31-8-4-3-5-22(20)31)23-27-29-32(28-23)19-15-30(16-19)38(34,35)12-11-37-10-9-36-2/h3-8,13-14,19H,9-12,15-16H2,1-2H3,(H,26,33). The first-order valence-electron chi connectivity index (χ1n) is 12.0. The van der Waals surface area contributed by atoms with Gasteiger partial charge in [-0.15, -0.1) is 10.2 Å². The Balaban J connectivity index is 1.22. The third-order valence-electron chi connectivity index (χ3n) is 6.31. The van der Waals surface area contributed by atoms with Crippen molar-refractivity contribution in [2.45, 2.75) is 13.0 Å². The highest BCUT2D eigenvalue weighted by Gasteiger charge is 2.38. The molecule has 14 heteroatoms. The van der Waals surface area contributed by atoms with E-state index in [0.717, 1.165) is 5.56 Å². The molecule has 4 aromatic rings. The minimum atomic E-state index is -3.42. The van der Waals surface area contributed by atoms with Crippen molar-refractivity contribution in [3.8, 4) is 11.4 Å². The van der Waals surface area contributed by atoms with Crippen LogP contribution in [0, 0.1) is 6.92 Å². The van der Waals surface area contributed by atoms with E-state index in [-0.39, 0.29) is 37.4 Å². The number of fused-ring (bicyclic) bond motifs is 1. The number of carbonyl (C=O) groups excluding carboxylic acids is 1. The smallest absolute Gasteiger partial charge is 0.259 e. The average Bonchev–Trinajstić information content (AvgIpc) is 3.52. The Morgan fingerprint density at radius 1 is 1.16 bits per heavy atom. The van der Waals surface area contributed by atoms with Crippen molar-refractivity contribution in [2.24, 2.45) is 0 Å². The topological polar surface area (TPSA) is 146 Å². The minimum Gasteiger partial charge on any atom is -0.382 e. The number of aryl methyl sites for hydroxylation is 1. The van der Waals surface area contributed by atoms with Crippen molar-refractivity contribution >= 4 is 27.1 Å². The lowest BCUT2D eigenvalue weighted by molar-refractivity contribution is 0.0775. The maximum absolute atomic E-state index is 13.0. The Labute approximate surface area is 219 Å². The number of ether oxygens (including phenoxy) is 2. The molecule has 1 saturated heterocycles. The second-order valence-corrected chi connectivity index (χ2v) is 11.0. The van der Waals surface area contributed by atoms with Gasteiger partial charge < -0.3 is 14.8 Å². The van der Waals surface area contributed by atoms with E-state index in [1.54, 1.807) is 23.9 Å². The Morgan fingerprint density at radius 2 is 2.00 bits per heavy atom. The lowest BCUT2D eigenvalue weighted by atomic mass is 10.1. The SMILES string of the molecule is COCCOCCS(=O)(=O)N1CC(n2nnc(-c3ccc(C)c(NC(=O)c4cnn5ccccc45)c3)n2)C1. The summed E-state index contributed by atoms with van der Waals surface area (Å²) in [5.74, 6) is 0.0133. The third-order valence-corrected chi connectivity index (χ3v) is 8.08. The van der Waals surface area contributed by atoms with E-state index < -0.39 is 10.0 Å². The predicted molar refractivity (Wildman–Crippen MR) is 138 cm³/mol. The molecule has 38 heavy (non-hydrogen) atoms. The number of carbonyl (C=O) groups is 1. The van der Waals surface area contributed by atoms with Crippen LogP contribution in [0.1, 0.15) is 22.0 Å². The summed E-state index contributed by atoms with van der Waals surface area (Å²) in [4.78, 5) is 14.4. The van der Waals surface area contributed by atoms with Gasteiger partial charge >= 0.3 is 0 Å². The highest BCUT2D eigenvalue weighted by molar-refractivity contribution is 7.89. The van der Waals surface area contributed by atoms with Gasteiger partial charge in [0.2, 0.25) is 15.8 Å². The molecule has 0 atom stereocenters. The number of sulfonamides is 1. The van der Waals surface area contributed by atoms with E-state index in [0.29, 0.717) is 41.4 Å². The molecule has 1 aliphatic heterocycles. The quantitative estimate of drug-likeness (QED) is 0.279. The summed E-state index contributed by atoms with van der Waals surface area (Å²) < 4.78 is 38.1. The van der Waals surface area contributed by atoms with Gasteiger partial charge in [0.15, 0.2) is 0 Å². The molecule has 13 nitrogen and oxygen atoms in total. The Morgan fingerprint density at radius 3 is 2.82 bits per heavy atom. The minimum absolute atomic E-state index is 0.0907. The number of methoxy groups -OCH3 is 1. The van der Waals surface area contributed by atoms with Gasteiger partial charge in [-0.1, -0.05) is 18.2 Å². The molecule has 0 aliphatic carbocycles. The zero-order chi connectivity index (χ0) is 26.7. The first-order chi connectivity index (χ1) is 18.4. The zero-order valence-electron chi connectivity index (χ0n) is 21.0. The van der Waals surface area contributed by atoms with E-state index in [2.05, 4.69) is 25.8 Å². The highest BCUT2D eigenvalue weighted by atomic mass is 32.2. The van der Waals surface area contributed by atoms with E-state index in [9.17, 15) is 13.2 Å². The lowest BCUT2D eigenvalue weighted by Gasteiger charge is -2.36. The Hall–Kier alpha value is -3.72. The molecular formula is C24H28N8O5S. The second-order valence-electron chi connectivity index (χ2n) is 8.90. The van der Waals surface area contributed by atoms with Crippen molar-refractivity contribution < 1.29 is 22.7 Å². The average molecular weight is 541 g/mol. The van der Waals surface area contributed by atoms with Gasteiger partial charge in [-0.25, -0.2) is 12.9 Å². The third kappa shape index (κ3) is 5.43. The number of hydrogen-bond donors (Lipinski definition) is 1.